The Morgan fingerprint density at radius 2 is 2.21 bits per heavy atom. The molecule has 0 fully saturated rings. The van der Waals surface area contributed by atoms with Crippen LogP contribution in [0.15, 0.2) is 36.7 Å². The first-order valence-corrected chi connectivity index (χ1v) is 4.52. The zero-order chi connectivity index (χ0) is 9.97. The van der Waals surface area contributed by atoms with Crippen molar-refractivity contribution in [2.24, 2.45) is 5.73 Å². The SMILES string of the molecule is NC(CO)c1cccc2cnccc12. The summed E-state index contributed by atoms with van der Waals surface area (Å²) in [6.07, 6.45) is 3.53. The third-order valence-electron chi connectivity index (χ3n) is 2.31. The second-order valence-electron chi connectivity index (χ2n) is 3.23. The highest BCUT2D eigenvalue weighted by molar-refractivity contribution is 5.85. The van der Waals surface area contributed by atoms with Gasteiger partial charge in [-0.15, -0.1) is 0 Å². The zero-order valence-electron chi connectivity index (χ0n) is 7.72. The summed E-state index contributed by atoms with van der Waals surface area (Å²) in [6, 6.07) is 7.44. The molecule has 0 aliphatic heterocycles. The number of nitrogens with zero attached hydrogens (tertiary/aromatic N) is 1. The van der Waals surface area contributed by atoms with Gasteiger partial charge in [0, 0.05) is 17.8 Å². The normalized spacial score (nSPS) is 13.0. The molecule has 1 heterocycles. The lowest BCUT2D eigenvalue weighted by atomic mass is 10.0. The lowest BCUT2D eigenvalue weighted by Crippen LogP contribution is -2.14. The van der Waals surface area contributed by atoms with Gasteiger partial charge in [-0.3, -0.25) is 4.98 Å². The van der Waals surface area contributed by atoms with Gasteiger partial charge in [-0.25, -0.2) is 0 Å². The summed E-state index contributed by atoms with van der Waals surface area (Å²) < 4.78 is 0. The molecule has 1 aromatic carbocycles. The Balaban J connectivity index is 2.65. The standard InChI is InChI=1S/C11H12N2O/c12-11(7-14)10-3-1-2-8-6-13-5-4-9(8)10/h1-6,11,14H,7,12H2. The molecule has 3 N–H and O–H groups in total. The first kappa shape index (κ1) is 9.12. The van der Waals surface area contributed by atoms with Crippen LogP contribution in [-0.2, 0) is 0 Å². The molecule has 0 aliphatic rings. The lowest BCUT2D eigenvalue weighted by Gasteiger charge is -2.11. The molecule has 0 aliphatic carbocycles. The highest BCUT2D eigenvalue weighted by Crippen LogP contribution is 2.21. The second kappa shape index (κ2) is 3.74. The van der Waals surface area contributed by atoms with Gasteiger partial charge in [0.15, 0.2) is 0 Å². The molecule has 0 bridgehead atoms. The van der Waals surface area contributed by atoms with Crippen LogP contribution in [0.4, 0.5) is 0 Å². The summed E-state index contributed by atoms with van der Waals surface area (Å²) in [7, 11) is 0. The van der Waals surface area contributed by atoms with Gasteiger partial charge in [0.1, 0.15) is 0 Å². The molecule has 3 heteroatoms. The average Bonchev–Trinajstić information content (AvgIpc) is 2.27. The molecule has 0 amide bonds. The van der Waals surface area contributed by atoms with Crippen LogP contribution in [0, 0.1) is 0 Å². The van der Waals surface area contributed by atoms with E-state index in [1.54, 1.807) is 12.4 Å². The quantitative estimate of drug-likeness (QED) is 0.745. The molecule has 1 atom stereocenters. The van der Waals surface area contributed by atoms with Gasteiger partial charge in [0.25, 0.3) is 0 Å². The van der Waals surface area contributed by atoms with Gasteiger partial charge in [-0.05, 0) is 17.0 Å². The predicted molar refractivity (Wildman–Crippen MR) is 55.8 cm³/mol. The topological polar surface area (TPSA) is 59.1 Å². The molecular weight excluding hydrogens is 176 g/mol. The molecule has 3 nitrogen and oxygen atoms in total. The third kappa shape index (κ3) is 1.47. The highest BCUT2D eigenvalue weighted by atomic mass is 16.3. The number of aliphatic hydroxyl groups is 1. The molecule has 0 saturated carbocycles. The van der Waals surface area contributed by atoms with Gasteiger partial charge in [-0.2, -0.15) is 0 Å². The largest absolute Gasteiger partial charge is 0.394 e. The molecule has 1 aromatic heterocycles. The Labute approximate surface area is 82.2 Å². The third-order valence-corrected chi connectivity index (χ3v) is 2.31. The number of rotatable bonds is 2. The van der Waals surface area contributed by atoms with E-state index in [0.717, 1.165) is 16.3 Å². The average molecular weight is 188 g/mol. The van der Waals surface area contributed by atoms with E-state index in [1.807, 2.05) is 24.3 Å². The van der Waals surface area contributed by atoms with E-state index in [1.165, 1.54) is 0 Å². The van der Waals surface area contributed by atoms with Crippen LogP contribution < -0.4 is 5.73 Å². The van der Waals surface area contributed by atoms with Crippen LogP contribution >= 0.6 is 0 Å². The Bertz CT molecular complexity index is 437. The minimum Gasteiger partial charge on any atom is -0.394 e. The summed E-state index contributed by atoms with van der Waals surface area (Å²) in [5.41, 5.74) is 6.76. The van der Waals surface area contributed by atoms with Crippen molar-refractivity contribution >= 4 is 10.8 Å². The fourth-order valence-electron chi connectivity index (χ4n) is 1.57. The summed E-state index contributed by atoms with van der Waals surface area (Å²) in [6.45, 7) is -0.0402. The first-order chi connectivity index (χ1) is 6.83. The molecular formula is C11H12N2O. The summed E-state index contributed by atoms with van der Waals surface area (Å²) in [5, 5.41) is 11.1. The molecule has 0 radical (unpaired) electrons. The van der Waals surface area contributed by atoms with Gasteiger partial charge in [0.05, 0.1) is 12.6 Å². The van der Waals surface area contributed by atoms with Crippen LogP contribution in [0.1, 0.15) is 11.6 Å². The molecule has 14 heavy (non-hydrogen) atoms. The number of benzene rings is 1. The minimum absolute atomic E-state index is 0.0402. The number of aromatic nitrogens is 1. The fraction of sp³-hybridized carbons (Fsp3) is 0.182. The van der Waals surface area contributed by atoms with Crippen molar-refractivity contribution in [2.45, 2.75) is 6.04 Å². The molecule has 2 rings (SSSR count). The van der Waals surface area contributed by atoms with Crippen molar-refractivity contribution < 1.29 is 5.11 Å². The second-order valence-corrected chi connectivity index (χ2v) is 3.23. The van der Waals surface area contributed by atoms with E-state index < -0.39 is 0 Å². The van der Waals surface area contributed by atoms with E-state index >= 15 is 0 Å². The van der Waals surface area contributed by atoms with Crippen molar-refractivity contribution in [3.05, 3.63) is 42.2 Å². The Morgan fingerprint density at radius 1 is 1.36 bits per heavy atom. The van der Waals surface area contributed by atoms with E-state index in [-0.39, 0.29) is 12.6 Å². The predicted octanol–water partition coefficient (Wildman–Crippen LogP) is 1.23. The maximum absolute atomic E-state index is 9.01. The Hall–Kier alpha value is -1.45. The van der Waals surface area contributed by atoms with Gasteiger partial charge >= 0.3 is 0 Å². The van der Waals surface area contributed by atoms with Gasteiger partial charge < -0.3 is 10.8 Å². The van der Waals surface area contributed by atoms with Gasteiger partial charge in [-0.1, -0.05) is 18.2 Å². The Morgan fingerprint density at radius 3 is 3.00 bits per heavy atom. The van der Waals surface area contributed by atoms with Crippen LogP contribution in [-0.4, -0.2) is 16.7 Å². The van der Waals surface area contributed by atoms with Crippen LogP contribution in [0.2, 0.25) is 0 Å². The van der Waals surface area contributed by atoms with Crippen molar-refractivity contribution in [1.29, 1.82) is 0 Å². The maximum atomic E-state index is 9.01. The number of aliphatic hydroxyl groups excluding tert-OH is 1. The van der Waals surface area contributed by atoms with Crippen LogP contribution in [0.25, 0.3) is 10.8 Å². The van der Waals surface area contributed by atoms with E-state index in [4.69, 9.17) is 10.8 Å². The monoisotopic (exact) mass is 188 g/mol. The minimum atomic E-state index is -0.318. The summed E-state index contributed by atoms with van der Waals surface area (Å²) in [5.74, 6) is 0. The molecule has 72 valence electrons. The molecule has 0 spiro atoms. The first-order valence-electron chi connectivity index (χ1n) is 4.52. The molecule has 1 unspecified atom stereocenters. The summed E-state index contributed by atoms with van der Waals surface area (Å²) in [4.78, 5) is 4.04. The van der Waals surface area contributed by atoms with Crippen LogP contribution in [0.3, 0.4) is 0 Å². The van der Waals surface area contributed by atoms with E-state index in [0.29, 0.717) is 0 Å². The van der Waals surface area contributed by atoms with E-state index in [9.17, 15) is 0 Å². The van der Waals surface area contributed by atoms with E-state index in [2.05, 4.69) is 4.98 Å². The molecule has 0 saturated heterocycles. The highest BCUT2D eigenvalue weighted by Gasteiger charge is 2.07. The smallest absolute Gasteiger partial charge is 0.0624 e. The van der Waals surface area contributed by atoms with Gasteiger partial charge in [0.2, 0.25) is 0 Å². The number of hydrogen-bond acceptors (Lipinski definition) is 3. The van der Waals surface area contributed by atoms with Crippen molar-refractivity contribution in [3.8, 4) is 0 Å². The van der Waals surface area contributed by atoms with Crippen molar-refractivity contribution in [3.63, 3.8) is 0 Å². The molecule has 2 aromatic rings. The zero-order valence-corrected chi connectivity index (χ0v) is 7.72. The van der Waals surface area contributed by atoms with Crippen LogP contribution in [0.5, 0.6) is 0 Å². The fourth-order valence-corrected chi connectivity index (χ4v) is 1.57. The summed E-state index contributed by atoms with van der Waals surface area (Å²) >= 11 is 0. The number of hydrogen-bond donors (Lipinski definition) is 2. The number of pyridine rings is 1. The van der Waals surface area contributed by atoms with Crippen molar-refractivity contribution in [1.82, 2.24) is 4.98 Å². The number of nitrogens with two attached hydrogens (primary N) is 1. The lowest BCUT2D eigenvalue weighted by molar-refractivity contribution is 0.268. The van der Waals surface area contributed by atoms with Crippen molar-refractivity contribution in [2.75, 3.05) is 6.61 Å². The number of fused-ring (bicyclic) bond motifs is 1. The maximum Gasteiger partial charge on any atom is 0.0624 e. The Kier molecular flexibility index (Phi) is 2.43.